The molecular weight excluding hydrogens is 500 g/mol. The number of piperazine rings is 1. The van der Waals surface area contributed by atoms with Crippen LogP contribution in [0.5, 0.6) is 5.75 Å². The van der Waals surface area contributed by atoms with Gasteiger partial charge in [-0.1, -0.05) is 17.8 Å². The molecule has 1 amide bonds. The van der Waals surface area contributed by atoms with Crippen LogP contribution >= 0.6 is 11.8 Å². The minimum atomic E-state index is -0.212. The molecule has 4 aromatic rings. The molecule has 0 aliphatic carbocycles. The first-order valence-electron chi connectivity index (χ1n) is 12.8. The van der Waals surface area contributed by atoms with Crippen molar-refractivity contribution in [1.82, 2.24) is 24.2 Å². The summed E-state index contributed by atoms with van der Waals surface area (Å²) in [4.78, 5) is 35.8. The predicted octanol–water partition coefficient (Wildman–Crippen LogP) is 3.59. The van der Waals surface area contributed by atoms with Crippen LogP contribution in [0.1, 0.15) is 23.6 Å². The lowest BCUT2D eigenvalue weighted by Gasteiger charge is -2.36. The molecule has 0 radical (unpaired) electrons. The third kappa shape index (κ3) is 4.32. The molecule has 1 saturated heterocycles. The van der Waals surface area contributed by atoms with Crippen molar-refractivity contribution >= 4 is 34.4 Å². The Morgan fingerprint density at radius 1 is 1.03 bits per heavy atom. The van der Waals surface area contributed by atoms with Gasteiger partial charge >= 0.3 is 0 Å². The van der Waals surface area contributed by atoms with Gasteiger partial charge < -0.3 is 14.5 Å². The molecule has 38 heavy (non-hydrogen) atoms. The summed E-state index contributed by atoms with van der Waals surface area (Å²) in [5.74, 6) is 1.57. The number of anilines is 1. The van der Waals surface area contributed by atoms with E-state index in [1.807, 2.05) is 41.3 Å². The number of rotatable bonds is 5. The quantitative estimate of drug-likeness (QED) is 0.365. The van der Waals surface area contributed by atoms with Crippen molar-refractivity contribution in [2.75, 3.05) is 43.9 Å². The summed E-state index contributed by atoms with van der Waals surface area (Å²) in [7, 11) is 1.66. The summed E-state index contributed by atoms with van der Waals surface area (Å²) >= 11 is 1.53. The second-order valence-electron chi connectivity index (χ2n) is 9.87. The third-order valence-corrected chi connectivity index (χ3v) is 8.68. The van der Waals surface area contributed by atoms with Crippen LogP contribution in [0.15, 0.2) is 58.6 Å². The highest BCUT2D eigenvalue weighted by Crippen LogP contribution is 2.34. The number of thioether (sulfide) groups is 1. The maximum Gasteiger partial charge on any atom is 0.265 e. The Bertz CT molecular complexity index is 1570. The number of methoxy groups -OCH3 is 1. The van der Waals surface area contributed by atoms with Gasteiger partial charge in [0.25, 0.3) is 5.56 Å². The average Bonchev–Trinajstić information content (AvgIpc) is 3.55. The topological polar surface area (TPSA) is 85.5 Å². The highest BCUT2D eigenvalue weighted by atomic mass is 32.2. The molecule has 6 rings (SSSR count). The first-order chi connectivity index (χ1) is 18.4. The number of nitrogens with zero attached hydrogens (tertiary/aromatic N) is 6. The number of carbonyl (C=O) groups is 1. The van der Waals surface area contributed by atoms with E-state index in [1.165, 1.54) is 17.3 Å². The Hall–Kier alpha value is -3.79. The highest BCUT2D eigenvalue weighted by molar-refractivity contribution is 7.99. The van der Waals surface area contributed by atoms with Crippen LogP contribution in [0, 0.1) is 13.8 Å². The summed E-state index contributed by atoms with van der Waals surface area (Å²) in [6.45, 7) is 6.98. The summed E-state index contributed by atoms with van der Waals surface area (Å²) in [6, 6.07) is 13.9. The second kappa shape index (κ2) is 9.83. The van der Waals surface area contributed by atoms with Crippen molar-refractivity contribution in [1.29, 1.82) is 0 Å². The van der Waals surface area contributed by atoms with Crippen LogP contribution < -0.4 is 15.2 Å². The van der Waals surface area contributed by atoms with E-state index in [1.54, 1.807) is 22.6 Å². The van der Waals surface area contributed by atoms with Crippen molar-refractivity contribution in [3.63, 3.8) is 0 Å². The van der Waals surface area contributed by atoms with Gasteiger partial charge in [0.1, 0.15) is 11.1 Å². The third-order valence-electron chi connectivity index (χ3n) is 7.59. The average molecular weight is 531 g/mol. The zero-order valence-corrected chi connectivity index (χ0v) is 22.6. The fourth-order valence-corrected chi connectivity index (χ4v) is 6.30. The van der Waals surface area contributed by atoms with Gasteiger partial charge in [-0.3, -0.25) is 14.2 Å². The van der Waals surface area contributed by atoms with Gasteiger partial charge in [-0.05, 0) is 61.4 Å². The van der Waals surface area contributed by atoms with Crippen molar-refractivity contribution < 1.29 is 9.53 Å². The fourth-order valence-electron chi connectivity index (χ4n) is 5.16. The van der Waals surface area contributed by atoms with E-state index in [0.717, 1.165) is 35.8 Å². The molecule has 4 heterocycles. The SMILES string of the molecule is COc1ccc(N2CCN(C(=O)CC3CSc4nc5c(cnn5-c5ccc(C)c(C)c5)c(=O)n43)CC2)cc1. The van der Waals surface area contributed by atoms with Gasteiger partial charge in [0.05, 0.1) is 25.0 Å². The lowest BCUT2D eigenvalue weighted by Crippen LogP contribution is -2.49. The van der Waals surface area contributed by atoms with E-state index >= 15 is 0 Å². The highest BCUT2D eigenvalue weighted by Gasteiger charge is 2.32. The van der Waals surface area contributed by atoms with E-state index in [4.69, 9.17) is 9.72 Å². The Kier molecular flexibility index (Phi) is 6.35. The molecule has 1 fully saturated rings. The Morgan fingerprint density at radius 2 is 1.76 bits per heavy atom. The molecule has 2 aliphatic heterocycles. The standard InChI is InChI=1S/C28H30N6O3S/c1-18-4-5-21(14-19(18)2)34-26-24(16-29-34)27(36)33-22(17-38-28(33)30-26)15-25(35)32-12-10-31(11-13-32)20-6-8-23(37-3)9-7-20/h4-9,14,16,22H,10-13,15,17H2,1-3H3. The van der Waals surface area contributed by atoms with Crippen molar-refractivity contribution in [2.45, 2.75) is 31.5 Å². The molecule has 2 aliphatic rings. The molecule has 2 aromatic heterocycles. The van der Waals surface area contributed by atoms with E-state index < -0.39 is 0 Å². The molecule has 2 aromatic carbocycles. The Balaban J connectivity index is 1.17. The Labute approximate surface area is 225 Å². The fraction of sp³-hybridized carbons (Fsp3) is 0.357. The summed E-state index contributed by atoms with van der Waals surface area (Å²) < 4.78 is 8.68. The van der Waals surface area contributed by atoms with Gasteiger partial charge in [0.2, 0.25) is 5.91 Å². The van der Waals surface area contributed by atoms with Gasteiger partial charge in [-0.25, -0.2) is 9.67 Å². The number of aryl methyl sites for hydroxylation is 2. The number of aromatic nitrogens is 4. The van der Waals surface area contributed by atoms with Crippen LogP contribution in [0.25, 0.3) is 16.7 Å². The zero-order valence-electron chi connectivity index (χ0n) is 21.8. The van der Waals surface area contributed by atoms with E-state index in [0.29, 0.717) is 41.5 Å². The monoisotopic (exact) mass is 530 g/mol. The zero-order chi connectivity index (χ0) is 26.4. The minimum absolute atomic E-state index is 0.0793. The van der Waals surface area contributed by atoms with Crippen LogP contribution in [0.4, 0.5) is 5.69 Å². The molecule has 196 valence electrons. The molecule has 1 atom stereocenters. The van der Waals surface area contributed by atoms with E-state index in [-0.39, 0.29) is 17.5 Å². The van der Waals surface area contributed by atoms with Crippen LogP contribution in [-0.2, 0) is 4.79 Å². The molecule has 0 spiro atoms. The number of hydrogen-bond donors (Lipinski definition) is 0. The van der Waals surface area contributed by atoms with Crippen molar-refractivity contribution in [3.8, 4) is 11.4 Å². The largest absolute Gasteiger partial charge is 0.497 e. The van der Waals surface area contributed by atoms with Crippen LogP contribution in [0.3, 0.4) is 0 Å². The normalized spacial score (nSPS) is 17.2. The summed E-state index contributed by atoms with van der Waals surface area (Å²) in [5, 5.41) is 5.60. The molecule has 10 heteroatoms. The Morgan fingerprint density at radius 3 is 2.47 bits per heavy atom. The molecular formula is C28H30N6O3S. The molecule has 0 N–H and O–H groups in total. The second-order valence-corrected chi connectivity index (χ2v) is 10.9. The lowest BCUT2D eigenvalue weighted by atomic mass is 10.1. The van der Waals surface area contributed by atoms with Crippen LogP contribution in [0.2, 0.25) is 0 Å². The van der Waals surface area contributed by atoms with Gasteiger partial charge in [-0.2, -0.15) is 5.10 Å². The number of amides is 1. The van der Waals surface area contributed by atoms with E-state index in [9.17, 15) is 9.59 Å². The predicted molar refractivity (Wildman–Crippen MR) is 149 cm³/mol. The summed E-state index contributed by atoms with van der Waals surface area (Å²) in [6.07, 6.45) is 1.88. The number of fused-ring (bicyclic) bond motifs is 2. The first kappa shape index (κ1) is 24.5. The number of benzene rings is 2. The van der Waals surface area contributed by atoms with Crippen molar-refractivity contribution in [2.24, 2.45) is 0 Å². The van der Waals surface area contributed by atoms with Gasteiger partial charge in [-0.15, -0.1) is 0 Å². The maximum atomic E-state index is 13.5. The number of hydrogen-bond acceptors (Lipinski definition) is 7. The number of carbonyl (C=O) groups excluding carboxylic acids is 1. The van der Waals surface area contributed by atoms with E-state index in [2.05, 4.69) is 29.9 Å². The maximum absolute atomic E-state index is 13.5. The van der Waals surface area contributed by atoms with Gasteiger partial charge in [0.15, 0.2) is 10.8 Å². The molecule has 0 saturated carbocycles. The minimum Gasteiger partial charge on any atom is -0.497 e. The van der Waals surface area contributed by atoms with Crippen LogP contribution in [-0.4, -0.2) is 69.2 Å². The van der Waals surface area contributed by atoms with Gasteiger partial charge in [0, 0.05) is 44.0 Å². The molecule has 9 nitrogen and oxygen atoms in total. The molecule has 0 bridgehead atoms. The first-order valence-corrected chi connectivity index (χ1v) is 13.8. The van der Waals surface area contributed by atoms with Crippen molar-refractivity contribution in [3.05, 3.63) is 70.1 Å². The summed E-state index contributed by atoms with van der Waals surface area (Å²) in [5.41, 5.74) is 4.78. The number of ether oxygens (including phenoxy) is 1. The smallest absolute Gasteiger partial charge is 0.265 e. The molecule has 1 unspecified atom stereocenters. The lowest BCUT2D eigenvalue weighted by molar-refractivity contribution is -0.132.